The smallest absolute Gasteiger partial charge is 0.309 e. The Morgan fingerprint density at radius 2 is 1.95 bits per heavy atom. The monoisotopic (exact) mass is 285 g/mol. The molecule has 2 N–H and O–H groups in total. The van der Waals surface area contributed by atoms with Crippen LogP contribution in [0.2, 0.25) is 0 Å². The molecule has 1 aliphatic rings. The van der Waals surface area contributed by atoms with Crippen molar-refractivity contribution in [3.8, 4) is 0 Å². The van der Waals surface area contributed by atoms with Gasteiger partial charge in [0.25, 0.3) is 5.91 Å². The van der Waals surface area contributed by atoms with Crippen LogP contribution in [0.15, 0.2) is 6.20 Å². The van der Waals surface area contributed by atoms with Crippen LogP contribution in [0.5, 0.6) is 0 Å². The zero-order chi connectivity index (χ0) is 14.0. The number of carboxylic acid groups (broad SMARTS) is 2. The molecule has 0 bridgehead atoms. The van der Waals surface area contributed by atoms with Gasteiger partial charge in [-0.1, -0.05) is 4.49 Å². The molecule has 0 aromatic carbocycles. The zero-order valence-electron chi connectivity index (χ0n) is 9.72. The number of nitrogens with zero attached hydrogens (tertiary/aromatic N) is 3. The summed E-state index contributed by atoms with van der Waals surface area (Å²) in [6.45, 7) is 0.112. The highest BCUT2D eigenvalue weighted by Gasteiger charge is 2.40. The first-order valence-electron chi connectivity index (χ1n) is 5.53. The first-order valence-corrected chi connectivity index (χ1v) is 6.30. The molecule has 2 atom stereocenters. The largest absolute Gasteiger partial charge is 0.481 e. The van der Waals surface area contributed by atoms with Crippen molar-refractivity contribution in [2.75, 3.05) is 13.1 Å². The predicted octanol–water partition coefficient (Wildman–Crippen LogP) is -0.214. The molecule has 0 saturated carbocycles. The zero-order valence-corrected chi connectivity index (χ0v) is 10.5. The average Bonchev–Trinajstić information content (AvgIpc) is 2.90. The Balaban J connectivity index is 2.13. The molecule has 2 rings (SSSR count). The van der Waals surface area contributed by atoms with Crippen molar-refractivity contribution in [3.63, 3.8) is 0 Å². The maximum atomic E-state index is 12.0. The summed E-state index contributed by atoms with van der Waals surface area (Å²) in [7, 11) is 0. The number of amides is 1. The van der Waals surface area contributed by atoms with E-state index in [-0.39, 0.29) is 25.4 Å². The van der Waals surface area contributed by atoms with Gasteiger partial charge in [-0.15, -0.1) is 5.10 Å². The summed E-state index contributed by atoms with van der Waals surface area (Å²) < 4.78 is 3.57. The normalized spacial score (nSPS) is 23.1. The summed E-state index contributed by atoms with van der Waals surface area (Å²) in [5, 5.41) is 21.6. The van der Waals surface area contributed by atoms with Crippen LogP contribution >= 0.6 is 11.5 Å². The Kier molecular flexibility index (Phi) is 3.74. The maximum Gasteiger partial charge on any atom is 0.309 e. The van der Waals surface area contributed by atoms with E-state index in [1.165, 1.54) is 11.1 Å². The average molecular weight is 285 g/mol. The van der Waals surface area contributed by atoms with E-state index in [9.17, 15) is 14.4 Å². The summed E-state index contributed by atoms with van der Waals surface area (Å²) in [5.74, 6) is -4.74. The molecule has 19 heavy (non-hydrogen) atoms. The molecule has 0 aliphatic carbocycles. The van der Waals surface area contributed by atoms with Gasteiger partial charge in [-0.25, -0.2) is 0 Å². The van der Waals surface area contributed by atoms with E-state index in [2.05, 4.69) is 9.59 Å². The molecule has 1 amide bonds. The predicted molar refractivity (Wildman–Crippen MR) is 62.7 cm³/mol. The minimum Gasteiger partial charge on any atom is -0.481 e. The molecule has 102 valence electrons. The van der Waals surface area contributed by atoms with Gasteiger partial charge in [-0.3, -0.25) is 14.4 Å². The van der Waals surface area contributed by atoms with Crippen molar-refractivity contribution in [2.24, 2.45) is 11.8 Å². The molecule has 1 aromatic rings. The maximum absolute atomic E-state index is 12.0. The van der Waals surface area contributed by atoms with E-state index >= 15 is 0 Å². The quantitative estimate of drug-likeness (QED) is 0.787. The highest BCUT2D eigenvalue weighted by atomic mass is 32.1. The van der Waals surface area contributed by atoms with Crippen LogP contribution in [0.1, 0.15) is 16.1 Å². The van der Waals surface area contributed by atoms with E-state index in [1.54, 1.807) is 0 Å². The highest BCUT2D eigenvalue weighted by molar-refractivity contribution is 7.07. The molecule has 2 heterocycles. The topological polar surface area (TPSA) is 121 Å². The van der Waals surface area contributed by atoms with Crippen molar-refractivity contribution < 1.29 is 24.6 Å². The van der Waals surface area contributed by atoms with E-state index < -0.39 is 23.8 Å². The Bertz CT molecular complexity index is 503. The van der Waals surface area contributed by atoms with Crippen molar-refractivity contribution in [2.45, 2.75) is 6.42 Å². The number of likely N-dealkylation sites (tertiary alicyclic amines) is 1. The third-order valence-corrected chi connectivity index (χ3v) is 3.76. The molecule has 8 nitrogen and oxygen atoms in total. The number of carbonyl (C=O) groups is 3. The lowest BCUT2D eigenvalue weighted by atomic mass is 9.85. The fourth-order valence-electron chi connectivity index (χ4n) is 2.10. The number of hydrogen-bond acceptors (Lipinski definition) is 6. The third kappa shape index (κ3) is 2.70. The Morgan fingerprint density at radius 3 is 2.47 bits per heavy atom. The molecule has 1 aliphatic heterocycles. The van der Waals surface area contributed by atoms with Crippen LogP contribution < -0.4 is 0 Å². The lowest BCUT2D eigenvalue weighted by Crippen LogP contribution is -2.48. The van der Waals surface area contributed by atoms with Crippen LogP contribution in [0, 0.1) is 11.8 Å². The first kappa shape index (κ1) is 13.4. The Morgan fingerprint density at radius 1 is 1.26 bits per heavy atom. The molecular weight excluding hydrogens is 274 g/mol. The number of aliphatic carboxylic acids is 2. The fraction of sp³-hybridized carbons (Fsp3) is 0.500. The number of carboxylic acids is 2. The lowest BCUT2D eigenvalue weighted by molar-refractivity contribution is -0.156. The van der Waals surface area contributed by atoms with E-state index in [1.807, 2.05) is 0 Å². The fourth-order valence-corrected chi connectivity index (χ4v) is 2.58. The van der Waals surface area contributed by atoms with Crippen molar-refractivity contribution in [1.29, 1.82) is 0 Å². The van der Waals surface area contributed by atoms with Crippen LogP contribution in [-0.4, -0.2) is 55.6 Å². The van der Waals surface area contributed by atoms with E-state index in [4.69, 9.17) is 10.2 Å². The summed E-state index contributed by atoms with van der Waals surface area (Å²) in [6.07, 6.45) is 1.44. The minimum absolute atomic E-state index is 0.108. The van der Waals surface area contributed by atoms with Crippen LogP contribution in [0.25, 0.3) is 0 Å². The van der Waals surface area contributed by atoms with Gasteiger partial charge >= 0.3 is 11.9 Å². The van der Waals surface area contributed by atoms with Crippen LogP contribution in [0.4, 0.5) is 0 Å². The molecule has 1 aromatic heterocycles. The van der Waals surface area contributed by atoms with Crippen molar-refractivity contribution in [3.05, 3.63) is 11.1 Å². The van der Waals surface area contributed by atoms with Gasteiger partial charge in [-0.05, 0) is 18.0 Å². The second-order valence-corrected chi connectivity index (χ2v) is 5.00. The van der Waals surface area contributed by atoms with Gasteiger partial charge in [0, 0.05) is 13.1 Å². The summed E-state index contributed by atoms with van der Waals surface area (Å²) >= 11 is 0.925. The van der Waals surface area contributed by atoms with Gasteiger partial charge in [0.05, 0.1) is 18.0 Å². The number of rotatable bonds is 3. The standard InChI is InChI=1S/C10H11N3O5S/c14-8(7-3-11-12-19-7)13-2-1-5(9(15)16)6(4-13)10(17)18/h3,5-6H,1-2,4H2,(H,15,16)(H,17,18). The number of piperidine rings is 1. The second kappa shape index (κ2) is 5.31. The Hall–Kier alpha value is -2.03. The van der Waals surface area contributed by atoms with Crippen molar-refractivity contribution >= 4 is 29.4 Å². The van der Waals surface area contributed by atoms with Gasteiger partial charge in [0.15, 0.2) is 0 Å². The summed E-state index contributed by atoms with van der Waals surface area (Å²) in [5.41, 5.74) is 0. The third-order valence-electron chi connectivity index (χ3n) is 3.11. The minimum atomic E-state index is -1.20. The van der Waals surface area contributed by atoms with Gasteiger partial charge in [0.2, 0.25) is 0 Å². The Labute approximate surface area is 111 Å². The highest BCUT2D eigenvalue weighted by Crippen LogP contribution is 2.25. The number of hydrogen-bond donors (Lipinski definition) is 2. The molecule has 0 spiro atoms. The number of aromatic nitrogens is 2. The molecule has 1 fully saturated rings. The first-order chi connectivity index (χ1) is 9.00. The van der Waals surface area contributed by atoms with Gasteiger partial charge in [-0.2, -0.15) is 0 Å². The molecule has 2 unspecified atom stereocenters. The summed E-state index contributed by atoms with van der Waals surface area (Å²) in [6, 6.07) is 0. The van der Waals surface area contributed by atoms with Crippen LogP contribution in [0.3, 0.4) is 0 Å². The summed E-state index contributed by atoms with van der Waals surface area (Å²) in [4.78, 5) is 35.8. The van der Waals surface area contributed by atoms with Crippen molar-refractivity contribution in [1.82, 2.24) is 14.5 Å². The van der Waals surface area contributed by atoms with Crippen LogP contribution in [-0.2, 0) is 9.59 Å². The van der Waals surface area contributed by atoms with E-state index in [0.717, 1.165) is 11.5 Å². The van der Waals surface area contributed by atoms with E-state index in [0.29, 0.717) is 4.88 Å². The lowest BCUT2D eigenvalue weighted by Gasteiger charge is -2.34. The SMILES string of the molecule is O=C(O)C1CCN(C(=O)c2cnns2)CC1C(=O)O. The second-order valence-electron chi connectivity index (χ2n) is 4.21. The molecule has 9 heteroatoms. The molecular formula is C10H11N3O5S. The van der Waals surface area contributed by atoms with Gasteiger partial charge in [0.1, 0.15) is 4.88 Å². The van der Waals surface area contributed by atoms with Gasteiger partial charge < -0.3 is 15.1 Å². The molecule has 0 radical (unpaired) electrons. The molecule has 1 saturated heterocycles. The number of carbonyl (C=O) groups excluding carboxylic acids is 1.